The van der Waals surface area contributed by atoms with Crippen molar-refractivity contribution in [1.29, 1.82) is 0 Å². The molecular weight excluding hydrogens is 467 g/mol. The maximum Gasteiger partial charge on any atom is 0.253 e. The first kappa shape index (κ1) is 22.7. The Morgan fingerprint density at radius 3 is 2.75 bits per heavy atom. The molecule has 2 saturated heterocycles. The Morgan fingerprint density at radius 2 is 2.03 bits per heavy atom. The lowest BCUT2D eigenvalue weighted by Gasteiger charge is -2.37. The van der Waals surface area contributed by atoms with Crippen LogP contribution < -0.4 is 4.74 Å². The fraction of sp³-hybridized carbons (Fsp3) is 0.346. The van der Waals surface area contributed by atoms with Crippen LogP contribution in [-0.4, -0.2) is 72.8 Å². The number of likely N-dealkylation sites (tertiary alicyclic amines) is 1. The van der Waals surface area contributed by atoms with Crippen molar-refractivity contribution >= 4 is 16.8 Å². The lowest BCUT2D eigenvalue weighted by Crippen LogP contribution is -2.45. The number of carbonyl (C=O) groups is 1. The van der Waals surface area contributed by atoms with E-state index in [-0.39, 0.29) is 23.7 Å². The number of ether oxygens (including phenoxy) is 3. The van der Waals surface area contributed by atoms with Gasteiger partial charge < -0.3 is 23.6 Å². The molecule has 1 spiro atoms. The molecule has 0 bridgehead atoms. The van der Waals surface area contributed by atoms with E-state index in [1.54, 1.807) is 31.4 Å². The van der Waals surface area contributed by atoms with E-state index in [4.69, 9.17) is 18.7 Å². The smallest absolute Gasteiger partial charge is 0.253 e. The summed E-state index contributed by atoms with van der Waals surface area (Å²) in [5.41, 5.74) is 3.23. The number of nitrogens with one attached hydrogen (secondary N) is 1. The number of methoxy groups -OCH3 is 1. The van der Waals surface area contributed by atoms with E-state index >= 15 is 0 Å². The summed E-state index contributed by atoms with van der Waals surface area (Å²) < 4.78 is 35.8. The summed E-state index contributed by atoms with van der Waals surface area (Å²) >= 11 is 0. The number of nitrogens with zero attached hydrogens (tertiary/aromatic N) is 3. The Morgan fingerprint density at radius 1 is 1.19 bits per heavy atom. The van der Waals surface area contributed by atoms with Crippen molar-refractivity contribution in [2.24, 2.45) is 5.41 Å². The molecule has 4 heterocycles. The maximum atomic E-state index is 14.6. The van der Waals surface area contributed by atoms with E-state index in [9.17, 15) is 9.18 Å². The number of aromatic nitrogens is 3. The Bertz CT molecular complexity index is 1410. The van der Waals surface area contributed by atoms with E-state index in [0.717, 1.165) is 38.3 Å². The van der Waals surface area contributed by atoms with Crippen molar-refractivity contribution in [3.63, 3.8) is 0 Å². The van der Waals surface area contributed by atoms with Gasteiger partial charge in [0.15, 0.2) is 17.3 Å². The van der Waals surface area contributed by atoms with Gasteiger partial charge in [0.1, 0.15) is 18.0 Å². The number of benzene rings is 2. The van der Waals surface area contributed by atoms with Crippen LogP contribution in [0.2, 0.25) is 0 Å². The van der Waals surface area contributed by atoms with Gasteiger partial charge in [0.2, 0.25) is 0 Å². The molecule has 0 saturated carbocycles. The molecule has 9 nitrogen and oxygen atoms in total. The van der Waals surface area contributed by atoms with Crippen LogP contribution in [0, 0.1) is 11.2 Å². The number of aromatic amines is 1. The second-order valence-electron chi connectivity index (χ2n) is 9.36. The summed E-state index contributed by atoms with van der Waals surface area (Å²) in [5.74, 6) is 0.0402. The highest BCUT2D eigenvalue weighted by atomic mass is 19.1. The molecule has 4 aromatic rings. The third kappa shape index (κ3) is 4.02. The second kappa shape index (κ2) is 9.03. The molecule has 1 amide bonds. The molecule has 2 aromatic carbocycles. The van der Waals surface area contributed by atoms with E-state index in [2.05, 4.69) is 15.4 Å². The number of amides is 1. The Kier molecular flexibility index (Phi) is 5.69. The standard InChI is InChI=1S/C26H25FN4O5/c1-33-8-9-35-22-12-21-18(10-19(22)27)24(29-28-21)23-11-20(30-36-23)16-2-4-17(5-3-16)25(32)31-7-6-26(13-31)14-34-15-26/h2-5,10-12H,6-9,13-15H2,1H3,(H,28,29). The van der Waals surface area contributed by atoms with Crippen molar-refractivity contribution < 1.29 is 27.9 Å². The summed E-state index contributed by atoms with van der Waals surface area (Å²) in [7, 11) is 1.55. The van der Waals surface area contributed by atoms with Crippen molar-refractivity contribution in [1.82, 2.24) is 20.3 Å². The molecule has 1 N–H and O–H groups in total. The third-order valence-electron chi connectivity index (χ3n) is 6.87. The van der Waals surface area contributed by atoms with Gasteiger partial charge in [-0.25, -0.2) is 4.39 Å². The topological polar surface area (TPSA) is 103 Å². The SMILES string of the molecule is COCCOc1cc2[nH]nc(-c3cc(-c4ccc(C(=O)N5CCC6(COC6)C5)cc4)no3)c2cc1F. The quantitative estimate of drug-likeness (QED) is 0.390. The van der Waals surface area contributed by atoms with Crippen LogP contribution in [-0.2, 0) is 9.47 Å². The van der Waals surface area contributed by atoms with Crippen LogP contribution in [0.5, 0.6) is 5.75 Å². The summed E-state index contributed by atoms with van der Waals surface area (Å²) in [6.45, 7) is 3.59. The zero-order chi connectivity index (χ0) is 24.7. The van der Waals surface area contributed by atoms with E-state index in [1.807, 2.05) is 17.0 Å². The van der Waals surface area contributed by atoms with Crippen LogP contribution in [0.3, 0.4) is 0 Å². The lowest BCUT2D eigenvalue weighted by atomic mass is 9.85. The molecule has 36 heavy (non-hydrogen) atoms. The zero-order valence-electron chi connectivity index (χ0n) is 19.8. The van der Waals surface area contributed by atoms with Gasteiger partial charge in [0.25, 0.3) is 5.91 Å². The fourth-order valence-electron chi connectivity index (χ4n) is 4.78. The second-order valence-corrected chi connectivity index (χ2v) is 9.36. The number of carbonyl (C=O) groups excluding carboxylic acids is 1. The first-order chi connectivity index (χ1) is 17.5. The van der Waals surface area contributed by atoms with Gasteiger partial charge in [0.05, 0.1) is 25.3 Å². The van der Waals surface area contributed by atoms with E-state index in [1.165, 1.54) is 6.07 Å². The minimum atomic E-state index is -0.505. The number of rotatable bonds is 7. The van der Waals surface area contributed by atoms with E-state index < -0.39 is 5.82 Å². The summed E-state index contributed by atoms with van der Waals surface area (Å²) in [4.78, 5) is 14.8. The molecule has 10 heteroatoms. The molecule has 2 fully saturated rings. The molecule has 2 aliphatic heterocycles. The van der Waals surface area contributed by atoms with Crippen LogP contribution >= 0.6 is 0 Å². The number of hydrogen-bond donors (Lipinski definition) is 1. The minimum absolute atomic E-state index is 0.0294. The fourth-order valence-corrected chi connectivity index (χ4v) is 4.78. The first-order valence-electron chi connectivity index (χ1n) is 11.8. The number of halogens is 1. The van der Waals surface area contributed by atoms with Crippen LogP contribution in [0.15, 0.2) is 47.0 Å². The third-order valence-corrected chi connectivity index (χ3v) is 6.87. The predicted octanol–water partition coefficient (Wildman–Crippen LogP) is 3.91. The highest BCUT2D eigenvalue weighted by Gasteiger charge is 2.45. The zero-order valence-corrected chi connectivity index (χ0v) is 19.8. The summed E-state index contributed by atoms with van der Waals surface area (Å²) in [5, 5.41) is 11.9. The van der Waals surface area contributed by atoms with Gasteiger partial charge >= 0.3 is 0 Å². The molecule has 2 aliphatic rings. The first-order valence-corrected chi connectivity index (χ1v) is 11.8. The lowest BCUT2D eigenvalue weighted by molar-refractivity contribution is -0.103. The van der Waals surface area contributed by atoms with E-state index in [0.29, 0.717) is 40.2 Å². The molecule has 0 unspecified atom stereocenters. The van der Waals surface area contributed by atoms with Gasteiger partial charge in [-0.3, -0.25) is 9.89 Å². The molecule has 6 rings (SSSR count). The molecule has 2 aromatic heterocycles. The Labute approximate surface area is 206 Å². The molecule has 186 valence electrons. The largest absolute Gasteiger partial charge is 0.488 e. The van der Waals surface area contributed by atoms with Crippen molar-refractivity contribution in [3.05, 3.63) is 53.8 Å². The molecular formula is C26H25FN4O5. The van der Waals surface area contributed by atoms with Gasteiger partial charge in [-0.1, -0.05) is 17.3 Å². The number of fused-ring (bicyclic) bond motifs is 1. The van der Waals surface area contributed by atoms with Gasteiger partial charge in [-0.05, 0) is 24.6 Å². The van der Waals surface area contributed by atoms with Crippen molar-refractivity contribution in [2.75, 3.05) is 46.6 Å². The molecule has 0 radical (unpaired) electrons. The average Bonchev–Trinajstić information content (AvgIpc) is 3.62. The summed E-state index contributed by atoms with van der Waals surface area (Å²) in [6.07, 6.45) is 0.993. The maximum absolute atomic E-state index is 14.6. The van der Waals surface area contributed by atoms with Crippen LogP contribution in [0.1, 0.15) is 16.8 Å². The minimum Gasteiger partial charge on any atom is -0.488 e. The van der Waals surface area contributed by atoms with Gasteiger partial charge in [-0.15, -0.1) is 0 Å². The van der Waals surface area contributed by atoms with Gasteiger partial charge in [0, 0.05) is 54.3 Å². The number of hydrogen-bond acceptors (Lipinski definition) is 7. The molecule has 0 atom stereocenters. The average molecular weight is 493 g/mol. The van der Waals surface area contributed by atoms with Crippen molar-refractivity contribution in [2.45, 2.75) is 6.42 Å². The van der Waals surface area contributed by atoms with Crippen molar-refractivity contribution in [3.8, 4) is 28.5 Å². The van der Waals surface area contributed by atoms with Crippen LogP contribution in [0.4, 0.5) is 4.39 Å². The van der Waals surface area contributed by atoms with Gasteiger partial charge in [-0.2, -0.15) is 5.10 Å². The van der Waals surface area contributed by atoms with Crippen LogP contribution in [0.25, 0.3) is 33.6 Å². The summed E-state index contributed by atoms with van der Waals surface area (Å²) in [6, 6.07) is 12.0. The number of H-pyrrole nitrogens is 1. The normalized spacial score (nSPS) is 16.6. The predicted molar refractivity (Wildman–Crippen MR) is 128 cm³/mol. The monoisotopic (exact) mass is 492 g/mol. The Balaban J connectivity index is 1.19. The Hall–Kier alpha value is -3.76. The highest BCUT2D eigenvalue weighted by Crippen LogP contribution is 2.38. The highest BCUT2D eigenvalue weighted by molar-refractivity contribution is 5.95. The molecule has 0 aliphatic carbocycles.